The molecule has 1 aliphatic heterocycles. The van der Waals surface area contributed by atoms with Crippen molar-refractivity contribution >= 4 is 5.91 Å². The number of hydrogen-bond donors (Lipinski definition) is 5. The van der Waals surface area contributed by atoms with Crippen LogP contribution < -0.4 is 5.32 Å². The Balaban J connectivity index is 2.81. The number of aliphatic hydroxyl groups excluding tert-OH is 4. The zero-order valence-electron chi connectivity index (χ0n) is 9.80. The summed E-state index contributed by atoms with van der Waals surface area (Å²) in [6.45, 7) is -0.745. The lowest BCUT2D eigenvalue weighted by Crippen LogP contribution is -2.65. The molecule has 1 aliphatic rings. The lowest BCUT2D eigenvalue weighted by molar-refractivity contribution is -0.254. The third kappa shape index (κ3) is 3.30. The van der Waals surface area contributed by atoms with Crippen LogP contribution in [-0.4, -0.2) is 69.6 Å². The van der Waals surface area contributed by atoms with Gasteiger partial charge in [0.2, 0.25) is 0 Å². The van der Waals surface area contributed by atoms with E-state index in [2.05, 4.69) is 4.74 Å². The Bertz CT molecular complexity index is 418. The number of ether oxygens (including phenoxy) is 1. The van der Waals surface area contributed by atoms with Crippen LogP contribution in [0, 0.1) is 0 Å². The lowest BCUT2D eigenvalue weighted by Gasteiger charge is -2.40. The molecule has 5 atom stereocenters. The van der Waals surface area contributed by atoms with E-state index < -0.39 is 49.2 Å². The third-order valence-corrected chi connectivity index (χ3v) is 2.64. The first kappa shape index (κ1) is 16.5. The van der Waals surface area contributed by atoms with Gasteiger partial charge in [0.25, 0.3) is 5.91 Å². The van der Waals surface area contributed by atoms with Crippen molar-refractivity contribution in [2.24, 2.45) is 5.11 Å². The van der Waals surface area contributed by atoms with E-state index in [4.69, 9.17) is 10.6 Å². The maximum Gasteiger partial charge on any atom is 0.401 e. The number of hydrogen-bond acceptors (Lipinski definition) is 7. The number of amides is 1. The molecule has 0 aromatic rings. The van der Waals surface area contributed by atoms with Crippen molar-refractivity contribution in [3.8, 4) is 0 Å². The summed E-state index contributed by atoms with van der Waals surface area (Å²) in [4.78, 5) is 12.9. The maximum atomic E-state index is 12.9. The highest BCUT2D eigenvalue weighted by Gasteiger charge is 2.47. The number of azide groups is 1. The first-order valence-electron chi connectivity index (χ1n) is 5.30. The van der Waals surface area contributed by atoms with Crippen molar-refractivity contribution in [1.29, 1.82) is 0 Å². The Hall–Kier alpha value is -1.56. The molecule has 1 fully saturated rings. The molecule has 5 N–H and O–H groups in total. The predicted molar refractivity (Wildman–Crippen MR) is 56.0 cm³/mol. The van der Waals surface area contributed by atoms with Gasteiger partial charge in [-0.15, -0.1) is 0 Å². The molecule has 1 heterocycles. The van der Waals surface area contributed by atoms with E-state index in [9.17, 15) is 28.9 Å². The first-order chi connectivity index (χ1) is 9.24. The van der Waals surface area contributed by atoms with Crippen LogP contribution in [0.4, 0.5) is 8.78 Å². The number of carbonyl (C=O) groups is 1. The van der Waals surface area contributed by atoms with Crippen LogP contribution in [0.25, 0.3) is 10.4 Å². The first-order valence-corrected chi connectivity index (χ1v) is 5.30. The van der Waals surface area contributed by atoms with E-state index in [0.29, 0.717) is 0 Å². The van der Waals surface area contributed by atoms with Crippen molar-refractivity contribution in [3.63, 3.8) is 0 Å². The average molecular weight is 298 g/mol. The molecule has 1 rings (SSSR count). The van der Waals surface area contributed by atoms with Crippen molar-refractivity contribution in [2.75, 3.05) is 6.61 Å². The molecule has 0 bridgehead atoms. The molecule has 0 aromatic carbocycles. The van der Waals surface area contributed by atoms with Crippen LogP contribution in [0.3, 0.4) is 0 Å². The Morgan fingerprint density at radius 1 is 1.40 bits per heavy atom. The number of alkyl halides is 2. The summed E-state index contributed by atoms with van der Waals surface area (Å²) in [6, 6.07) is -6.23. The van der Waals surface area contributed by atoms with Crippen LogP contribution in [-0.2, 0) is 9.53 Å². The molecule has 12 heteroatoms. The minimum atomic E-state index is -4.44. The zero-order chi connectivity index (χ0) is 15.5. The average Bonchev–Trinajstić information content (AvgIpc) is 2.38. The largest absolute Gasteiger partial charge is 0.401 e. The van der Waals surface area contributed by atoms with Crippen molar-refractivity contribution in [3.05, 3.63) is 10.4 Å². The molecule has 114 valence electrons. The van der Waals surface area contributed by atoms with Gasteiger partial charge in [0.15, 0.2) is 6.29 Å². The monoisotopic (exact) mass is 298 g/mol. The molecule has 1 saturated heterocycles. The highest BCUT2D eigenvalue weighted by molar-refractivity contribution is 5.83. The third-order valence-electron chi connectivity index (χ3n) is 2.64. The van der Waals surface area contributed by atoms with Gasteiger partial charge < -0.3 is 30.5 Å². The zero-order valence-corrected chi connectivity index (χ0v) is 9.80. The van der Waals surface area contributed by atoms with Gasteiger partial charge in [0, 0.05) is 4.91 Å². The second kappa shape index (κ2) is 6.26. The molecule has 20 heavy (non-hydrogen) atoms. The van der Waals surface area contributed by atoms with Crippen molar-refractivity contribution in [1.82, 2.24) is 5.32 Å². The topological polar surface area (TPSA) is 168 Å². The number of nitrogens with one attached hydrogen (secondary N) is 1. The fraction of sp³-hybridized carbons (Fsp3) is 0.875. The Kier molecular flexibility index (Phi) is 5.16. The van der Waals surface area contributed by atoms with E-state index in [0.717, 1.165) is 0 Å². The fourth-order valence-corrected chi connectivity index (χ4v) is 1.59. The van der Waals surface area contributed by atoms with Gasteiger partial charge in [0.1, 0.15) is 24.4 Å². The number of halogens is 2. The number of aliphatic hydroxyl groups is 4. The molecule has 0 spiro atoms. The van der Waals surface area contributed by atoms with E-state index in [1.807, 2.05) is 5.11 Å². The van der Waals surface area contributed by atoms with Gasteiger partial charge in [-0.2, -0.15) is 8.78 Å². The molecule has 0 aliphatic carbocycles. The summed E-state index contributed by atoms with van der Waals surface area (Å²) in [5.74, 6) is -2.09. The minimum Gasteiger partial charge on any atom is -0.394 e. The van der Waals surface area contributed by atoms with E-state index in [-0.39, 0.29) is 0 Å². The number of rotatable bonds is 4. The quantitative estimate of drug-likeness (QED) is 0.171. The summed E-state index contributed by atoms with van der Waals surface area (Å²) in [5.41, 5.74) is 7.88. The maximum absolute atomic E-state index is 12.9. The van der Waals surface area contributed by atoms with Gasteiger partial charge >= 0.3 is 6.05 Å². The summed E-state index contributed by atoms with van der Waals surface area (Å²) < 4.78 is 30.5. The molecule has 0 aromatic heterocycles. The molecule has 3 unspecified atom stereocenters. The van der Waals surface area contributed by atoms with Crippen LogP contribution in [0.5, 0.6) is 0 Å². The summed E-state index contributed by atoms with van der Waals surface area (Å²) in [7, 11) is 0. The number of nitrogens with zero attached hydrogens (tertiary/aromatic N) is 3. The van der Waals surface area contributed by atoms with E-state index in [1.54, 1.807) is 4.91 Å². The molecular weight excluding hydrogens is 286 g/mol. The molecule has 0 saturated carbocycles. The fourth-order valence-electron chi connectivity index (χ4n) is 1.59. The van der Waals surface area contributed by atoms with Gasteiger partial charge in [-0.05, 0) is 10.6 Å². The molecule has 1 amide bonds. The minimum absolute atomic E-state index is 0.745. The smallest absolute Gasteiger partial charge is 0.394 e. The van der Waals surface area contributed by atoms with Gasteiger partial charge in [-0.1, -0.05) is 0 Å². The van der Waals surface area contributed by atoms with Gasteiger partial charge in [-0.3, -0.25) is 4.79 Å². The normalized spacial score (nSPS) is 34.2. The Morgan fingerprint density at radius 3 is 2.50 bits per heavy atom. The van der Waals surface area contributed by atoms with E-state index >= 15 is 0 Å². The predicted octanol–water partition coefficient (Wildman–Crippen LogP) is -2.19. The number of carbonyl (C=O) groups excluding carboxylic acids is 1. The molecular formula is C8H12F2N4O6. The standard InChI is InChI=1S/C8H12F2N4O6/c9-8(10,13-14-11)7(19)12-3-5(17)4(16)2(1-15)20-6(3)18/h2-6,15-18H,1H2,(H,12,19)/t2?,3?,4-,5-,6?/m1/s1. The van der Waals surface area contributed by atoms with Crippen molar-refractivity contribution < 1.29 is 38.7 Å². The Morgan fingerprint density at radius 2 is 2.00 bits per heavy atom. The summed E-state index contributed by atoms with van der Waals surface area (Å²) in [6.07, 6.45) is -6.88. The van der Waals surface area contributed by atoms with Gasteiger partial charge in [-0.25, -0.2) is 0 Å². The van der Waals surface area contributed by atoms with Gasteiger partial charge in [0.05, 0.1) is 6.61 Å². The highest BCUT2D eigenvalue weighted by atomic mass is 19.3. The van der Waals surface area contributed by atoms with E-state index in [1.165, 1.54) is 5.32 Å². The van der Waals surface area contributed by atoms with Crippen molar-refractivity contribution in [2.45, 2.75) is 36.7 Å². The SMILES string of the molecule is [N-]=[N+]=NC(F)(F)C(=O)NC1C(O)OC(CO)[C@@H](O)[C@@H]1O. The summed E-state index contributed by atoms with van der Waals surface area (Å²) in [5, 5.41) is 40.7. The lowest BCUT2D eigenvalue weighted by atomic mass is 9.97. The van der Waals surface area contributed by atoms with Crippen LogP contribution >= 0.6 is 0 Å². The Labute approximate surface area is 110 Å². The van der Waals surface area contributed by atoms with Crippen LogP contribution in [0.15, 0.2) is 5.11 Å². The van der Waals surface area contributed by atoms with Crippen LogP contribution in [0.1, 0.15) is 0 Å². The second-order valence-electron chi connectivity index (χ2n) is 3.96. The summed E-state index contributed by atoms with van der Waals surface area (Å²) >= 11 is 0. The van der Waals surface area contributed by atoms with Crippen LogP contribution in [0.2, 0.25) is 0 Å². The highest BCUT2D eigenvalue weighted by Crippen LogP contribution is 2.22. The molecule has 10 nitrogen and oxygen atoms in total. The molecule has 0 radical (unpaired) electrons. The second-order valence-corrected chi connectivity index (χ2v) is 3.96.